The fourth-order valence-corrected chi connectivity index (χ4v) is 16.8. The van der Waals surface area contributed by atoms with Crippen molar-refractivity contribution in [2.24, 2.45) is 0 Å². The Labute approximate surface area is 88.9 Å². The monoisotopic (exact) mass is 330 g/mol. The van der Waals surface area contributed by atoms with Gasteiger partial charge in [0.1, 0.15) is 0 Å². The molecule has 6 nitrogen and oxygen atoms in total. The van der Waals surface area contributed by atoms with Crippen LogP contribution in [0.3, 0.4) is 0 Å². The normalized spacial score (nSPS) is 14.7. The van der Waals surface area contributed by atoms with Gasteiger partial charge in [0.05, 0.1) is 0 Å². The van der Waals surface area contributed by atoms with E-state index in [4.69, 9.17) is 10.2 Å². The molecule has 0 fully saturated rings. The summed E-state index contributed by atoms with van der Waals surface area (Å²) in [7, 11) is 0. The minimum atomic E-state index is -2.78. The van der Waals surface area contributed by atoms with Crippen LogP contribution in [0.15, 0.2) is 0 Å². The van der Waals surface area contributed by atoms with Crippen molar-refractivity contribution in [3.05, 3.63) is 0 Å². The van der Waals surface area contributed by atoms with E-state index in [2.05, 4.69) is 0 Å². The summed E-state index contributed by atoms with van der Waals surface area (Å²) in [5, 5.41) is 17.0. The summed E-state index contributed by atoms with van der Waals surface area (Å²) in [5.74, 6) is -1.97. The van der Waals surface area contributed by atoms with Gasteiger partial charge in [0.15, 0.2) is 0 Å². The number of carboxylic acid groups (broad SMARTS) is 2. The van der Waals surface area contributed by atoms with Gasteiger partial charge < -0.3 is 0 Å². The van der Waals surface area contributed by atoms with Crippen LogP contribution in [0.2, 0.25) is 10.5 Å². The van der Waals surface area contributed by atoms with E-state index in [0.29, 0.717) is 0 Å². The molecule has 0 rings (SSSR count). The third-order valence-electron chi connectivity index (χ3n) is 1.75. The number of carbonyl (C=O) groups is 2. The predicted octanol–water partition coefficient (Wildman–Crippen LogP) is -1.55. The van der Waals surface area contributed by atoms with E-state index in [1.54, 1.807) is 0 Å². The zero-order chi connectivity index (χ0) is 11.1. The molecule has 4 N–H and O–H groups in total. The molecule has 0 aromatic heterocycles. The molecule has 0 radical (unpaired) electrons. The van der Waals surface area contributed by atoms with Crippen molar-refractivity contribution in [2.75, 3.05) is 0 Å². The molecule has 82 valence electrons. The van der Waals surface area contributed by atoms with E-state index in [9.17, 15) is 17.9 Å². The van der Waals surface area contributed by atoms with Crippen LogP contribution < -0.4 is 0 Å². The maximum absolute atomic E-state index is 10.2. The van der Waals surface area contributed by atoms with Gasteiger partial charge in [0, 0.05) is 0 Å². The molecule has 8 heteroatoms. The van der Waals surface area contributed by atoms with Crippen LogP contribution in [0.1, 0.15) is 12.8 Å². The minimum absolute atomic E-state index is 0.115. The second-order valence-electron chi connectivity index (χ2n) is 3.00. The molecule has 2 atom stereocenters. The topological polar surface area (TPSA) is 115 Å². The van der Waals surface area contributed by atoms with Crippen molar-refractivity contribution in [2.45, 2.75) is 23.3 Å². The van der Waals surface area contributed by atoms with E-state index in [1.165, 1.54) is 0 Å². The van der Waals surface area contributed by atoms with Crippen molar-refractivity contribution in [1.82, 2.24) is 0 Å². The summed E-state index contributed by atoms with van der Waals surface area (Å²) in [6, 6.07) is 0. The number of carboxylic acids is 2. The Balaban J connectivity index is 3.69. The van der Waals surface area contributed by atoms with Gasteiger partial charge in [0.25, 0.3) is 0 Å². The van der Waals surface area contributed by atoms with Crippen LogP contribution in [0, 0.1) is 0 Å². The summed E-state index contributed by atoms with van der Waals surface area (Å²) < 4.78 is 18.9. The fraction of sp³-hybridized carbons (Fsp3) is 0.667. The van der Waals surface area contributed by atoms with E-state index in [0.717, 1.165) is 0 Å². The van der Waals surface area contributed by atoms with Gasteiger partial charge in [-0.25, -0.2) is 0 Å². The van der Waals surface area contributed by atoms with Crippen molar-refractivity contribution < 1.29 is 28.1 Å². The molecule has 0 aliphatic carbocycles. The van der Waals surface area contributed by atoms with Gasteiger partial charge in [-0.3, -0.25) is 0 Å². The van der Waals surface area contributed by atoms with Crippen LogP contribution in [-0.2, 0) is 9.59 Å². The number of rotatable bonds is 7. The Morgan fingerprint density at radius 1 is 0.857 bits per heavy atom. The molecule has 0 saturated carbocycles. The number of hydrogen-bond acceptors (Lipinski definition) is 4. The van der Waals surface area contributed by atoms with E-state index in [-0.39, 0.29) is 23.3 Å². The molecular weight excluding hydrogens is 313 g/mol. The molecule has 0 heterocycles. The van der Waals surface area contributed by atoms with Crippen LogP contribution in [0.25, 0.3) is 0 Å². The van der Waals surface area contributed by atoms with Crippen LogP contribution in [0.5, 0.6) is 0 Å². The van der Waals surface area contributed by atoms with Crippen LogP contribution >= 0.6 is 0 Å². The third-order valence-corrected chi connectivity index (χ3v) is 24.3. The first-order chi connectivity index (χ1) is 6.43. The number of hydrogen-bond donors (Lipinski definition) is 4. The average Bonchev–Trinajstić information content (AvgIpc) is 2.09. The summed E-state index contributed by atoms with van der Waals surface area (Å²) in [5.41, 5.74) is 0. The van der Waals surface area contributed by atoms with Gasteiger partial charge in [-0.1, -0.05) is 0 Å². The van der Waals surface area contributed by atoms with Crippen molar-refractivity contribution >= 4 is 37.4 Å². The Bertz CT molecular complexity index is 186. The first-order valence-corrected chi connectivity index (χ1v) is 18.5. The molecule has 0 spiro atoms. The van der Waals surface area contributed by atoms with E-state index < -0.39 is 37.4 Å². The van der Waals surface area contributed by atoms with Crippen molar-refractivity contribution in [1.29, 1.82) is 0 Å². The fourth-order valence-electron chi connectivity index (χ4n) is 0.927. The molecule has 0 saturated heterocycles. The van der Waals surface area contributed by atoms with Crippen LogP contribution in [-0.4, -0.2) is 55.9 Å². The zero-order valence-electron chi connectivity index (χ0n) is 7.59. The Morgan fingerprint density at radius 3 is 1.36 bits per heavy atom. The Morgan fingerprint density at radius 2 is 1.14 bits per heavy atom. The standard InChI is InChI=1S/C6H14Ge2O6/c9-5(10)1-3-7(13)8(14)4-2-6(11)12/h7-8,13-14H,1-4H2,(H,9,10)(H,11,12). The van der Waals surface area contributed by atoms with Gasteiger partial charge in [0.2, 0.25) is 0 Å². The first kappa shape index (κ1) is 13.9. The van der Waals surface area contributed by atoms with Crippen LogP contribution in [0.4, 0.5) is 0 Å². The van der Waals surface area contributed by atoms with Crippen molar-refractivity contribution in [3.8, 4) is 0 Å². The number of aliphatic carboxylic acids is 2. The molecule has 0 amide bonds. The van der Waals surface area contributed by atoms with Gasteiger partial charge >= 0.3 is 88.8 Å². The molecular formula is C6H14Ge2O6. The van der Waals surface area contributed by atoms with Gasteiger partial charge in [-0.05, 0) is 0 Å². The SMILES string of the molecule is O=C(O)C[CH2][GeH]([OH])[GeH]([OH])[CH2]CC(=O)O. The summed E-state index contributed by atoms with van der Waals surface area (Å²) >= 11 is -5.55. The molecule has 0 bridgehead atoms. The van der Waals surface area contributed by atoms with Crippen molar-refractivity contribution in [3.63, 3.8) is 0 Å². The molecule has 0 aromatic rings. The molecule has 0 aromatic carbocycles. The Kier molecular flexibility index (Phi) is 7.24. The zero-order valence-corrected chi connectivity index (χ0v) is 12.4. The van der Waals surface area contributed by atoms with Gasteiger partial charge in [-0.15, -0.1) is 0 Å². The first-order valence-electron chi connectivity index (χ1n) is 4.23. The second kappa shape index (κ2) is 7.27. The Hall–Kier alpha value is -0.0543. The van der Waals surface area contributed by atoms with E-state index >= 15 is 0 Å². The molecule has 14 heavy (non-hydrogen) atoms. The molecule has 2 unspecified atom stereocenters. The predicted molar refractivity (Wildman–Crippen MR) is 52.9 cm³/mol. The molecule has 0 aliphatic rings. The van der Waals surface area contributed by atoms with E-state index in [1.807, 2.05) is 0 Å². The maximum atomic E-state index is 10.2. The summed E-state index contributed by atoms with van der Waals surface area (Å²) in [6.07, 6.45) is -0.229. The summed E-state index contributed by atoms with van der Waals surface area (Å²) in [4.78, 5) is 20.3. The van der Waals surface area contributed by atoms with Gasteiger partial charge in [-0.2, -0.15) is 0 Å². The quantitative estimate of drug-likeness (QED) is 0.421. The third kappa shape index (κ3) is 7.36. The second-order valence-corrected chi connectivity index (χ2v) is 27.0. The molecule has 0 aliphatic heterocycles. The average molecular weight is 327 g/mol. The summed E-state index contributed by atoms with van der Waals surface area (Å²) in [6.45, 7) is 0.